The van der Waals surface area contributed by atoms with Gasteiger partial charge >= 0.3 is 7.12 Å². The van der Waals surface area contributed by atoms with Crippen molar-refractivity contribution in [2.75, 3.05) is 0 Å². The fourth-order valence-corrected chi connectivity index (χ4v) is 0.412. The first kappa shape index (κ1) is 7.72. The molecule has 0 spiro atoms. The third-order valence-corrected chi connectivity index (χ3v) is 0.827. The summed E-state index contributed by atoms with van der Waals surface area (Å²) in [4.78, 5) is 0. The van der Waals surface area contributed by atoms with Crippen molar-refractivity contribution >= 4 is 7.12 Å². The van der Waals surface area contributed by atoms with E-state index in [9.17, 15) is 0 Å². The summed E-state index contributed by atoms with van der Waals surface area (Å²) in [6, 6.07) is 0. The lowest BCUT2D eigenvalue weighted by atomic mass is 9.84. The first-order chi connectivity index (χ1) is 3.77. The zero-order chi connectivity index (χ0) is 6.41. The van der Waals surface area contributed by atoms with Crippen LogP contribution in [0.5, 0.6) is 0 Å². The van der Waals surface area contributed by atoms with Crippen molar-refractivity contribution in [3.8, 4) is 0 Å². The Bertz CT molecular complexity index is 70.8. The second kappa shape index (κ2) is 4.87. The van der Waals surface area contributed by atoms with E-state index in [-0.39, 0.29) is 0 Å². The van der Waals surface area contributed by atoms with Crippen molar-refractivity contribution in [2.24, 2.45) is 0 Å². The predicted octanol–water partition coefficient (Wildman–Crippen LogP) is 0.425. The normalized spacial score (nSPS) is 10.4. The van der Waals surface area contributed by atoms with Crippen molar-refractivity contribution in [3.05, 3.63) is 12.2 Å². The highest BCUT2D eigenvalue weighted by Gasteiger charge is 2.01. The Morgan fingerprint density at radius 2 is 2.12 bits per heavy atom. The first-order valence-corrected chi connectivity index (χ1v) is 2.74. The van der Waals surface area contributed by atoms with Gasteiger partial charge in [0.15, 0.2) is 0 Å². The Morgan fingerprint density at radius 1 is 1.50 bits per heavy atom. The minimum atomic E-state index is -1.15. The molecule has 0 unspecified atom stereocenters. The summed E-state index contributed by atoms with van der Waals surface area (Å²) in [6.07, 6.45) is 4.97. The topological polar surface area (TPSA) is 40.5 Å². The molecule has 0 aliphatic heterocycles. The lowest BCUT2D eigenvalue weighted by Gasteiger charge is -1.90. The average molecular weight is 114 g/mol. The van der Waals surface area contributed by atoms with Gasteiger partial charge in [0.2, 0.25) is 0 Å². The summed E-state index contributed by atoms with van der Waals surface area (Å²) in [5, 5.41) is 16.6. The van der Waals surface area contributed by atoms with Crippen LogP contribution in [0.15, 0.2) is 12.2 Å². The van der Waals surface area contributed by atoms with Crippen LogP contribution in [0.1, 0.15) is 13.3 Å². The van der Waals surface area contributed by atoms with Crippen LogP contribution < -0.4 is 0 Å². The number of hydrogen-bond donors (Lipinski definition) is 2. The molecule has 2 nitrogen and oxygen atoms in total. The van der Waals surface area contributed by atoms with Gasteiger partial charge < -0.3 is 10.0 Å². The number of hydrogen-bond acceptors (Lipinski definition) is 2. The SMILES string of the molecule is C/C=C/CCB(O)O. The van der Waals surface area contributed by atoms with E-state index in [1.165, 1.54) is 0 Å². The Hall–Kier alpha value is -0.275. The average Bonchev–Trinajstić information content (AvgIpc) is 1.66. The molecule has 0 heterocycles. The van der Waals surface area contributed by atoms with E-state index >= 15 is 0 Å². The molecule has 0 fully saturated rings. The van der Waals surface area contributed by atoms with Crippen molar-refractivity contribution in [3.63, 3.8) is 0 Å². The van der Waals surface area contributed by atoms with Gasteiger partial charge in [0.05, 0.1) is 0 Å². The van der Waals surface area contributed by atoms with Crippen molar-refractivity contribution in [1.29, 1.82) is 0 Å². The lowest BCUT2D eigenvalue weighted by molar-refractivity contribution is 0.406. The minimum absolute atomic E-state index is 0.435. The van der Waals surface area contributed by atoms with Crippen LogP contribution in [0.25, 0.3) is 0 Å². The fraction of sp³-hybridized carbons (Fsp3) is 0.600. The third-order valence-electron chi connectivity index (χ3n) is 0.827. The highest BCUT2D eigenvalue weighted by molar-refractivity contribution is 6.40. The molecule has 0 bridgehead atoms. The van der Waals surface area contributed by atoms with Crippen molar-refractivity contribution in [1.82, 2.24) is 0 Å². The van der Waals surface area contributed by atoms with E-state index in [1.54, 1.807) is 0 Å². The van der Waals surface area contributed by atoms with Gasteiger partial charge in [0.1, 0.15) is 0 Å². The van der Waals surface area contributed by atoms with Gasteiger partial charge in [-0.15, -0.1) is 0 Å². The number of allylic oxidation sites excluding steroid dienone is 2. The van der Waals surface area contributed by atoms with Gasteiger partial charge in [-0.1, -0.05) is 12.2 Å². The standard InChI is InChI=1S/C5H11BO2/c1-2-3-4-5-6(7)8/h2-3,7-8H,4-5H2,1H3/b3-2+. The monoisotopic (exact) mass is 114 g/mol. The summed E-state index contributed by atoms with van der Waals surface area (Å²) in [7, 11) is -1.15. The first-order valence-electron chi connectivity index (χ1n) is 2.74. The van der Waals surface area contributed by atoms with Gasteiger partial charge in [0.25, 0.3) is 0 Å². The molecule has 0 rings (SSSR count). The summed E-state index contributed by atoms with van der Waals surface area (Å²) in [5.41, 5.74) is 0. The summed E-state index contributed by atoms with van der Waals surface area (Å²) in [6.45, 7) is 1.91. The predicted molar refractivity (Wildman–Crippen MR) is 34.4 cm³/mol. The van der Waals surface area contributed by atoms with Gasteiger partial charge in [-0.3, -0.25) is 0 Å². The van der Waals surface area contributed by atoms with Gasteiger partial charge in [-0.05, 0) is 19.7 Å². The largest absolute Gasteiger partial charge is 0.451 e. The molecule has 0 saturated carbocycles. The van der Waals surface area contributed by atoms with Crippen molar-refractivity contribution < 1.29 is 10.0 Å². The molecule has 0 radical (unpaired) electrons. The lowest BCUT2D eigenvalue weighted by Crippen LogP contribution is -2.08. The fourth-order valence-electron chi connectivity index (χ4n) is 0.412. The third kappa shape index (κ3) is 5.72. The molecule has 8 heavy (non-hydrogen) atoms. The molecule has 0 aromatic carbocycles. The van der Waals surface area contributed by atoms with Crippen LogP contribution in [0.4, 0.5) is 0 Å². The Balaban J connectivity index is 2.93. The van der Waals surface area contributed by atoms with Gasteiger partial charge in [-0.2, -0.15) is 0 Å². The second-order valence-corrected chi connectivity index (χ2v) is 1.63. The van der Waals surface area contributed by atoms with E-state index in [0.717, 1.165) is 6.42 Å². The summed E-state index contributed by atoms with van der Waals surface area (Å²) < 4.78 is 0. The van der Waals surface area contributed by atoms with Crippen LogP contribution in [0.3, 0.4) is 0 Å². The molecular weight excluding hydrogens is 103 g/mol. The summed E-state index contributed by atoms with van der Waals surface area (Å²) in [5.74, 6) is 0. The molecule has 0 aliphatic carbocycles. The van der Waals surface area contributed by atoms with E-state index in [4.69, 9.17) is 10.0 Å². The molecule has 0 aromatic rings. The zero-order valence-electron chi connectivity index (χ0n) is 5.04. The van der Waals surface area contributed by atoms with Crippen molar-refractivity contribution in [2.45, 2.75) is 19.7 Å². The quantitative estimate of drug-likeness (QED) is 0.412. The molecule has 0 aromatic heterocycles. The highest BCUT2D eigenvalue weighted by Crippen LogP contribution is 1.92. The van der Waals surface area contributed by atoms with Crippen LogP contribution >= 0.6 is 0 Å². The highest BCUT2D eigenvalue weighted by atomic mass is 16.4. The van der Waals surface area contributed by atoms with E-state index < -0.39 is 7.12 Å². The maximum absolute atomic E-state index is 8.30. The van der Waals surface area contributed by atoms with E-state index in [2.05, 4.69) is 0 Å². The van der Waals surface area contributed by atoms with E-state index in [1.807, 2.05) is 19.1 Å². The van der Waals surface area contributed by atoms with Gasteiger partial charge in [0, 0.05) is 0 Å². The Labute approximate surface area is 50.0 Å². The maximum Gasteiger partial charge on any atom is 0.451 e. The smallest absolute Gasteiger partial charge is 0.427 e. The molecule has 0 atom stereocenters. The molecule has 0 saturated heterocycles. The minimum Gasteiger partial charge on any atom is -0.427 e. The Kier molecular flexibility index (Phi) is 4.71. The molecule has 0 aliphatic rings. The zero-order valence-corrected chi connectivity index (χ0v) is 5.04. The van der Waals surface area contributed by atoms with Crippen LogP contribution in [0, 0.1) is 0 Å². The van der Waals surface area contributed by atoms with E-state index in [0.29, 0.717) is 6.32 Å². The molecule has 3 heteroatoms. The molecular formula is C5H11BO2. The summed E-state index contributed by atoms with van der Waals surface area (Å²) >= 11 is 0. The molecule has 2 N–H and O–H groups in total. The number of rotatable bonds is 3. The van der Waals surface area contributed by atoms with Crippen LogP contribution in [-0.4, -0.2) is 17.2 Å². The van der Waals surface area contributed by atoms with Crippen LogP contribution in [-0.2, 0) is 0 Å². The van der Waals surface area contributed by atoms with Gasteiger partial charge in [-0.25, -0.2) is 0 Å². The maximum atomic E-state index is 8.30. The molecule has 0 amide bonds. The second-order valence-electron chi connectivity index (χ2n) is 1.63. The molecule has 46 valence electrons. The van der Waals surface area contributed by atoms with Crippen LogP contribution in [0.2, 0.25) is 6.32 Å². The Morgan fingerprint density at radius 3 is 2.50 bits per heavy atom.